The van der Waals surface area contributed by atoms with Crippen molar-refractivity contribution in [3.63, 3.8) is 0 Å². The molecule has 0 spiro atoms. The van der Waals surface area contributed by atoms with Crippen molar-refractivity contribution >= 4 is 34.2 Å². The Labute approximate surface area is 285 Å². The number of fused-ring (bicyclic) bond motifs is 6. The molecule has 0 bridgehead atoms. The van der Waals surface area contributed by atoms with E-state index in [1.165, 1.54) is 66.1 Å². The van der Waals surface area contributed by atoms with Gasteiger partial charge in [-0.05, 0) is 105 Å². The first kappa shape index (κ1) is 29.3. The molecule has 0 amide bonds. The van der Waals surface area contributed by atoms with Crippen LogP contribution in [0.2, 0.25) is 0 Å². The van der Waals surface area contributed by atoms with E-state index in [9.17, 15) is 0 Å². The van der Waals surface area contributed by atoms with E-state index in [0.29, 0.717) is 17.8 Å². The summed E-state index contributed by atoms with van der Waals surface area (Å²) in [7, 11) is 0. The summed E-state index contributed by atoms with van der Waals surface area (Å²) in [6, 6.07) is 31.9. The molecular formula is C47H43N. The van der Waals surface area contributed by atoms with Crippen LogP contribution >= 0.6 is 0 Å². The van der Waals surface area contributed by atoms with Gasteiger partial charge in [0.15, 0.2) is 0 Å². The van der Waals surface area contributed by atoms with Crippen LogP contribution in [0.25, 0.3) is 28.5 Å². The Hall–Kier alpha value is -4.88. The summed E-state index contributed by atoms with van der Waals surface area (Å²) in [4.78, 5) is 2.58. The van der Waals surface area contributed by atoms with E-state index in [2.05, 4.69) is 164 Å². The molecule has 0 radical (unpaired) electrons. The molecular weight excluding hydrogens is 579 g/mol. The number of benzene rings is 4. The molecule has 5 aliphatic carbocycles. The molecule has 3 unspecified atom stereocenters. The minimum Gasteiger partial charge on any atom is -0.311 e. The summed E-state index contributed by atoms with van der Waals surface area (Å²) in [5.74, 6) is 1.15. The first-order chi connectivity index (χ1) is 23.6. The van der Waals surface area contributed by atoms with Crippen LogP contribution in [0.4, 0.5) is 5.69 Å². The van der Waals surface area contributed by atoms with Gasteiger partial charge in [-0.15, -0.1) is 0 Å². The van der Waals surface area contributed by atoms with Gasteiger partial charge in [0.05, 0.1) is 0 Å². The van der Waals surface area contributed by atoms with Crippen LogP contribution in [-0.2, 0) is 5.41 Å². The quantitative estimate of drug-likeness (QED) is 0.214. The molecule has 9 rings (SSSR count). The van der Waals surface area contributed by atoms with Gasteiger partial charge >= 0.3 is 0 Å². The Bertz CT molecular complexity index is 2250. The average Bonchev–Trinajstić information content (AvgIpc) is 3.38. The lowest BCUT2D eigenvalue weighted by Gasteiger charge is -2.38. The van der Waals surface area contributed by atoms with Gasteiger partial charge in [-0.2, -0.15) is 0 Å². The van der Waals surface area contributed by atoms with Crippen LogP contribution in [0.15, 0.2) is 151 Å². The van der Waals surface area contributed by atoms with Gasteiger partial charge in [0.2, 0.25) is 0 Å². The highest BCUT2D eigenvalue weighted by molar-refractivity contribution is 5.92. The molecule has 4 aromatic carbocycles. The lowest BCUT2D eigenvalue weighted by molar-refractivity contribution is 0.392. The van der Waals surface area contributed by atoms with Crippen LogP contribution in [0.5, 0.6) is 0 Å². The van der Waals surface area contributed by atoms with Gasteiger partial charge in [-0.3, -0.25) is 0 Å². The molecule has 0 N–H and O–H groups in total. The maximum absolute atomic E-state index is 2.59. The molecule has 5 aliphatic rings. The van der Waals surface area contributed by atoms with E-state index >= 15 is 0 Å². The second-order valence-corrected chi connectivity index (χ2v) is 14.7. The highest BCUT2D eigenvalue weighted by atomic mass is 15.2. The first-order valence-electron chi connectivity index (χ1n) is 17.9. The maximum atomic E-state index is 2.59. The molecule has 3 atom stereocenters. The Morgan fingerprint density at radius 3 is 2.42 bits per heavy atom. The van der Waals surface area contributed by atoms with Crippen molar-refractivity contribution in [2.24, 2.45) is 11.8 Å². The third kappa shape index (κ3) is 4.83. The fraction of sp³-hybridized carbons (Fsp3) is 0.234. The third-order valence-corrected chi connectivity index (χ3v) is 11.5. The summed E-state index contributed by atoms with van der Waals surface area (Å²) in [5.41, 5.74) is 10.8. The molecule has 0 saturated carbocycles. The average molecular weight is 622 g/mol. The van der Waals surface area contributed by atoms with Crippen molar-refractivity contribution < 1.29 is 0 Å². The second kappa shape index (κ2) is 11.7. The minimum atomic E-state index is 0.0418. The molecule has 4 aromatic rings. The highest BCUT2D eigenvalue weighted by Gasteiger charge is 2.45. The van der Waals surface area contributed by atoms with E-state index in [1.54, 1.807) is 0 Å². The number of nitrogens with zero attached hydrogens (tertiary/aromatic N) is 1. The van der Waals surface area contributed by atoms with E-state index in [-0.39, 0.29) is 5.41 Å². The Morgan fingerprint density at radius 1 is 0.729 bits per heavy atom. The monoisotopic (exact) mass is 621 g/mol. The molecule has 236 valence electrons. The molecule has 48 heavy (non-hydrogen) atoms. The third-order valence-electron chi connectivity index (χ3n) is 11.5. The predicted molar refractivity (Wildman–Crippen MR) is 204 cm³/mol. The summed E-state index contributed by atoms with van der Waals surface area (Å²) < 4.78 is 0. The molecule has 0 fully saturated rings. The lowest BCUT2D eigenvalue weighted by atomic mass is 9.74. The number of hydrogen-bond acceptors (Lipinski definition) is 1. The van der Waals surface area contributed by atoms with Gasteiger partial charge in [-0.1, -0.05) is 141 Å². The van der Waals surface area contributed by atoms with Crippen molar-refractivity contribution in [2.45, 2.75) is 57.3 Å². The van der Waals surface area contributed by atoms with E-state index in [0.717, 1.165) is 32.1 Å². The number of rotatable bonds is 5. The summed E-state index contributed by atoms with van der Waals surface area (Å²) in [6.07, 6.45) is 30.1. The van der Waals surface area contributed by atoms with Crippen molar-refractivity contribution in [1.29, 1.82) is 0 Å². The van der Waals surface area contributed by atoms with Crippen LogP contribution in [-0.4, -0.2) is 0 Å². The first-order valence-corrected chi connectivity index (χ1v) is 17.9. The van der Waals surface area contributed by atoms with Gasteiger partial charge in [0.1, 0.15) is 0 Å². The molecule has 0 saturated heterocycles. The van der Waals surface area contributed by atoms with Crippen molar-refractivity contribution in [3.05, 3.63) is 178 Å². The molecule has 1 nitrogen and oxygen atoms in total. The van der Waals surface area contributed by atoms with Gasteiger partial charge in [0, 0.05) is 34.5 Å². The molecule has 1 heteroatoms. The van der Waals surface area contributed by atoms with E-state index < -0.39 is 0 Å². The Kier molecular flexibility index (Phi) is 7.12. The number of allylic oxidation sites excluding steroid dienone is 10. The van der Waals surface area contributed by atoms with E-state index in [1.807, 2.05) is 0 Å². The largest absolute Gasteiger partial charge is 0.311 e. The number of hydrogen-bond donors (Lipinski definition) is 0. The molecule has 0 aromatic heterocycles. The van der Waals surface area contributed by atoms with Gasteiger partial charge < -0.3 is 4.90 Å². The topological polar surface area (TPSA) is 3.24 Å². The van der Waals surface area contributed by atoms with Crippen molar-refractivity contribution in [3.8, 4) is 0 Å². The summed E-state index contributed by atoms with van der Waals surface area (Å²) >= 11 is 0. The summed E-state index contributed by atoms with van der Waals surface area (Å²) in [6.45, 7) is 4.88. The van der Waals surface area contributed by atoms with Crippen LogP contribution < -0.4 is 15.3 Å². The highest BCUT2D eigenvalue weighted by Crippen LogP contribution is 2.54. The van der Waals surface area contributed by atoms with Crippen molar-refractivity contribution in [2.75, 3.05) is 4.90 Å². The zero-order valence-electron chi connectivity index (χ0n) is 28.1. The van der Waals surface area contributed by atoms with Crippen LogP contribution in [0.3, 0.4) is 0 Å². The second-order valence-electron chi connectivity index (χ2n) is 14.7. The normalized spacial score (nSPS) is 23.4. The zero-order chi connectivity index (χ0) is 32.2. The standard InChI is InChI=1S/C47H43N/c1-47(2)44-20-12-11-19-40(44)41-27-26-38(31-45(41)47)48(37-25-23-35-22-21-34-17-9-10-18-39(34)42(35)30-37)46-28-24-36(32-13-5-3-6-14-32)29-43(46)33-15-7-4-8-16-33/h4-5,7-8,11-23,25-31,36,41,45H,3,6,9-10,24H2,1-2H3. The Morgan fingerprint density at radius 2 is 1.54 bits per heavy atom. The van der Waals surface area contributed by atoms with Gasteiger partial charge in [0.25, 0.3) is 0 Å². The molecule has 0 heterocycles. The fourth-order valence-electron chi connectivity index (χ4n) is 9.03. The SMILES string of the molecule is CC1(C)c2ccccc2C2C=CC(N(C3=CCC(C4=CCCC=C4)C=C3c3ccccc3)c3ccc4ccc5c(c4c3)=CCCC=5)=CC21. The minimum absolute atomic E-state index is 0.0418. The smallest absolute Gasteiger partial charge is 0.0497 e. The maximum Gasteiger partial charge on any atom is 0.0497 e. The van der Waals surface area contributed by atoms with Crippen molar-refractivity contribution in [1.82, 2.24) is 0 Å². The number of anilines is 1. The summed E-state index contributed by atoms with van der Waals surface area (Å²) in [5, 5.41) is 5.39. The predicted octanol–water partition coefficient (Wildman–Crippen LogP) is 10.4. The van der Waals surface area contributed by atoms with E-state index in [4.69, 9.17) is 0 Å². The molecule has 0 aliphatic heterocycles. The zero-order valence-corrected chi connectivity index (χ0v) is 28.1. The van der Waals surface area contributed by atoms with Gasteiger partial charge in [-0.25, -0.2) is 0 Å². The Balaban J connectivity index is 1.24. The lowest BCUT2D eigenvalue weighted by Crippen LogP contribution is -2.31. The fourth-order valence-corrected chi connectivity index (χ4v) is 9.03. The van der Waals surface area contributed by atoms with Crippen LogP contribution in [0.1, 0.15) is 68.6 Å². The van der Waals surface area contributed by atoms with Crippen LogP contribution in [0, 0.1) is 11.8 Å².